The highest BCUT2D eigenvalue weighted by molar-refractivity contribution is 6.07. The molecule has 10 heteroatoms. The van der Waals surface area contributed by atoms with Gasteiger partial charge in [-0.05, 0) is 55.3 Å². The molecule has 1 unspecified atom stereocenters. The van der Waals surface area contributed by atoms with E-state index in [0.717, 1.165) is 11.1 Å². The first-order chi connectivity index (χ1) is 19.8. The number of aromatic nitrogens is 1. The van der Waals surface area contributed by atoms with Crippen LogP contribution in [0.4, 0.5) is 5.69 Å². The van der Waals surface area contributed by atoms with Crippen molar-refractivity contribution in [1.82, 2.24) is 10.3 Å². The topological polar surface area (TPSA) is 145 Å². The summed E-state index contributed by atoms with van der Waals surface area (Å²) in [6.07, 6.45) is 0.570. The van der Waals surface area contributed by atoms with Gasteiger partial charge in [-0.2, -0.15) is 0 Å². The molecular formula is C31H34N4O6. The number of methoxy groups -OCH3 is 2. The summed E-state index contributed by atoms with van der Waals surface area (Å²) in [6, 6.07) is 19.2. The molecule has 1 aromatic heterocycles. The lowest BCUT2D eigenvalue weighted by atomic mass is 10.0. The van der Waals surface area contributed by atoms with Crippen molar-refractivity contribution < 1.29 is 23.8 Å². The number of fused-ring (bicyclic) bond motifs is 1. The van der Waals surface area contributed by atoms with Gasteiger partial charge in [0.2, 0.25) is 0 Å². The van der Waals surface area contributed by atoms with Crippen molar-refractivity contribution in [3.05, 3.63) is 99.3 Å². The van der Waals surface area contributed by atoms with Gasteiger partial charge in [-0.1, -0.05) is 36.4 Å². The van der Waals surface area contributed by atoms with Crippen LogP contribution in [-0.4, -0.2) is 50.8 Å². The third kappa shape index (κ3) is 7.10. The summed E-state index contributed by atoms with van der Waals surface area (Å²) in [6.45, 7) is 2.90. The van der Waals surface area contributed by atoms with Crippen LogP contribution in [0.2, 0.25) is 0 Å². The quantitative estimate of drug-likeness (QED) is 0.193. The predicted octanol–water partition coefficient (Wildman–Crippen LogP) is 3.94. The second kappa shape index (κ2) is 13.6. The minimum absolute atomic E-state index is 0.0909. The van der Waals surface area contributed by atoms with Crippen LogP contribution in [0.3, 0.4) is 0 Å². The lowest BCUT2D eigenvalue weighted by Crippen LogP contribution is -2.30. The number of nitrogens with one attached hydrogen (secondary N) is 3. The Morgan fingerprint density at radius 1 is 0.951 bits per heavy atom. The Morgan fingerprint density at radius 3 is 2.44 bits per heavy atom. The van der Waals surface area contributed by atoms with Gasteiger partial charge >= 0.3 is 0 Å². The number of pyridine rings is 1. The Kier molecular flexibility index (Phi) is 9.73. The van der Waals surface area contributed by atoms with Crippen LogP contribution in [0.15, 0.2) is 71.5 Å². The molecule has 214 valence electrons. The summed E-state index contributed by atoms with van der Waals surface area (Å²) in [7, 11) is 3.07. The number of rotatable bonds is 12. The lowest BCUT2D eigenvalue weighted by molar-refractivity contribution is 0.0934. The lowest BCUT2D eigenvalue weighted by Gasteiger charge is -2.19. The molecule has 41 heavy (non-hydrogen) atoms. The maximum Gasteiger partial charge on any atom is 0.261 e. The SMILES string of the molecule is COCCOc1cc2cc(C(=O)Nc3cc(C(=O)NC(CCN)c4ccccc4)ccc3C)c(=O)[nH]c2cc1OC. The molecule has 1 atom stereocenters. The molecular weight excluding hydrogens is 524 g/mol. The number of amides is 2. The van der Waals surface area contributed by atoms with Crippen molar-refractivity contribution in [2.75, 3.05) is 39.3 Å². The predicted molar refractivity (Wildman–Crippen MR) is 158 cm³/mol. The van der Waals surface area contributed by atoms with E-state index in [9.17, 15) is 14.4 Å². The number of carbonyl (C=O) groups is 2. The van der Waals surface area contributed by atoms with Gasteiger partial charge in [0.25, 0.3) is 17.4 Å². The standard InChI is InChI=1S/C31H34N4O6/c1-19-9-10-21(29(36)33-24(11-12-32)20-7-5-4-6-8-20)16-25(19)34-30(37)23-15-22-17-28(41-14-13-39-2)27(40-3)18-26(22)35-31(23)38/h4-10,15-18,24H,11-14,32H2,1-3H3,(H,33,36)(H,34,37)(H,35,38). The Labute approximate surface area is 237 Å². The highest BCUT2D eigenvalue weighted by Crippen LogP contribution is 2.31. The average Bonchev–Trinajstić information content (AvgIpc) is 2.98. The van der Waals surface area contributed by atoms with Crippen molar-refractivity contribution in [2.24, 2.45) is 5.73 Å². The highest BCUT2D eigenvalue weighted by Gasteiger charge is 2.19. The first-order valence-electron chi connectivity index (χ1n) is 13.2. The smallest absolute Gasteiger partial charge is 0.261 e. The first-order valence-corrected chi connectivity index (χ1v) is 13.2. The summed E-state index contributed by atoms with van der Waals surface area (Å²) in [5.41, 5.74) is 8.07. The second-order valence-corrected chi connectivity index (χ2v) is 9.44. The fraction of sp³-hybridized carbons (Fsp3) is 0.258. The highest BCUT2D eigenvalue weighted by atomic mass is 16.5. The van der Waals surface area contributed by atoms with Crippen molar-refractivity contribution >= 4 is 28.4 Å². The van der Waals surface area contributed by atoms with Gasteiger partial charge in [0.15, 0.2) is 11.5 Å². The van der Waals surface area contributed by atoms with Crippen molar-refractivity contribution in [3.63, 3.8) is 0 Å². The number of H-pyrrole nitrogens is 1. The van der Waals surface area contributed by atoms with E-state index in [-0.39, 0.29) is 17.5 Å². The minimum atomic E-state index is -0.614. The molecule has 0 aliphatic rings. The summed E-state index contributed by atoms with van der Waals surface area (Å²) in [4.78, 5) is 42.0. The molecule has 1 heterocycles. The van der Waals surface area contributed by atoms with Gasteiger partial charge in [-0.3, -0.25) is 14.4 Å². The molecule has 5 N–H and O–H groups in total. The number of nitrogens with two attached hydrogens (primary N) is 1. The molecule has 4 rings (SSSR count). The van der Waals surface area contributed by atoms with E-state index >= 15 is 0 Å². The number of anilines is 1. The van der Waals surface area contributed by atoms with Gasteiger partial charge in [0.05, 0.1) is 25.3 Å². The van der Waals surface area contributed by atoms with E-state index in [1.165, 1.54) is 13.2 Å². The Bertz CT molecular complexity index is 1590. The summed E-state index contributed by atoms with van der Waals surface area (Å²) in [5, 5.41) is 6.40. The van der Waals surface area contributed by atoms with Crippen molar-refractivity contribution in [2.45, 2.75) is 19.4 Å². The Hall–Kier alpha value is -4.67. The van der Waals surface area contributed by atoms with E-state index in [4.69, 9.17) is 19.9 Å². The van der Waals surface area contributed by atoms with Gasteiger partial charge in [-0.15, -0.1) is 0 Å². The van der Waals surface area contributed by atoms with Crippen LogP contribution in [0.1, 0.15) is 44.3 Å². The third-order valence-electron chi connectivity index (χ3n) is 6.63. The normalized spacial score (nSPS) is 11.6. The zero-order chi connectivity index (χ0) is 29.4. The van der Waals surface area contributed by atoms with Crippen LogP contribution in [-0.2, 0) is 4.74 Å². The number of ether oxygens (including phenoxy) is 3. The molecule has 0 saturated heterocycles. The zero-order valence-corrected chi connectivity index (χ0v) is 23.3. The van der Waals surface area contributed by atoms with Crippen LogP contribution >= 0.6 is 0 Å². The van der Waals surface area contributed by atoms with Crippen LogP contribution in [0.5, 0.6) is 11.5 Å². The fourth-order valence-corrected chi connectivity index (χ4v) is 4.39. The molecule has 0 aliphatic heterocycles. The average molecular weight is 559 g/mol. The molecule has 0 bridgehead atoms. The van der Waals surface area contributed by atoms with E-state index < -0.39 is 11.5 Å². The van der Waals surface area contributed by atoms with E-state index in [1.807, 2.05) is 30.3 Å². The number of hydrogen-bond acceptors (Lipinski definition) is 7. The molecule has 3 aromatic carbocycles. The van der Waals surface area contributed by atoms with Crippen molar-refractivity contribution in [3.8, 4) is 11.5 Å². The number of benzene rings is 3. The molecule has 4 aromatic rings. The fourth-order valence-electron chi connectivity index (χ4n) is 4.39. The van der Waals surface area contributed by atoms with Gasteiger partial charge in [0, 0.05) is 29.8 Å². The number of aromatic amines is 1. The molecule has 0 spiro atoms. The summed E-state index contributed by atoms with van der Waals surface area (Å²) in [5.74, 6) is -0.0281. The van der Waals surface area contributed by atoms with E-state index in [2.05, 4.69) is 15.6 Å². The van der Waals surface area contributed by atoms with Crippen molar-refractivity contribution in [1.29, 1.82) is 0 Å². The monoisotopic (exact) mass is 558 g/mol. The Balaban J connectivity index is 1.57. The van der Waals surface area contributed by atoms with E-state index in [1.54, 1.807) is 44.4 Å². The maximum absolute atomic E-state index is 13.3. The summed E-state index contributed by atoms with van der Waals surface area (Å²) < 4.78 is 16.2. The number of aryl methyl sites for hydroxylation is 1. The second-order valence-electron chi connectivity index (χ2n) is 9.44. The molecule has 0 radical (unpaired) electrons. The molecule has 0 fully saturated rings. The van der Waals surface area contributed by atoms with Gasteiger partial charge in [-0.25, -0.2) is 0 Å². The van der Waals surface area contributed by atoms with Gasteiger partial charge < -0.3 is 35.6 Å². The van der Waals surface area contributed by atoms with E-state index in [0.29, 0.717) is 59.8 Å². The largest absolute Gasteiger partial charge is 0.493 e. The van der Waals surface area contributed by atoms with Crippen LogP contribution in [0.25, 0.3) is 10.9 Å². The molecule has 2 amide bonds. The number of hydrogen-bond donors (Lipinski definition) is 4. The van der Waals surface area contributed by atoms with Crippen LogP contribution < -0.4 is 31.4 Å². The van der Waals surface area contributed by atoms with Crippen LogP contribution in [0, 0.1) is 6.92 Å². The molecule has 0 saturated carbocycles. The third-order valence-corrected chi connectivity index (χ3v) is 6.63. The van der Waals surface area contributed by atoms with Gasteiger partial charge in [0.1, 0.15) is 12.2 Å². The minimum Gasteiger partial charge on any atom is -0.493 e. The zero-order valence-electron chi connectivity index (χ0n) is 23.3. The maximum atomic E-state index is 13.3. The first kappa shape index (κ1) is 29.3. The molecule has 10 nitrogen and oxygen atoms in total. The summed E-state index contributed by atoms with van der Waals surface area (Å²) >= 11 is 0. The Morgan fingerprint density at radius 2 is 1.73 bits per heavy atom. The number of carbonyl (C=O) groups excluding carboxylic acids is 2. The molecule has 0 aliphatic carbocycles.